The van der Waals surface area contributed by atoms with E-state index in [4.69, 9.17) is 23.2 Å². The molecule has 0 atom stereocenters. The van der Waals surface area contributed by atoms with E-state index >= 15 is 0 Å². The molecule has 0 fully saturated rings. The van der Waals surface area contributed by atoms with Gasteiger partial charge in [0.25, 0.3) is 0 Å². The Balaban J connectivity index is 2.31. The molecule has 2 aromatic rings. The molecule has 0 aliphatic rings. The van der Waals surface area contributed by atoms with Crippen molar-refractivity contribution in [2.75, 3.05) is 0 Å². The second-order valence-corrected chi connectivity index (χ2v) is 5.93. The average molecular weight is 307 g/mol. The molecule has 0 heterocycles. The Kier molecular flexibility index (Phi) is 4.52. The van der Waals surface area contributed by atoms with Crippen molar-refractivity contribution in [2.45, 2.75) is 27.2 Å². The van der Waals surface area contributed by atoms with E-state index in [9.17, 15) is 4.79 Å². The first-order chi connectivity index (χ1) is 9.38. The molecular weight excluding hydrogens is 291 g/mol. The molecule has 0 radical (unpaired) electrons. The number of hydrogen-bond donors (Lipinski definition) is 0. The largest absolute Gasteiger partial charge is 0.294 e. The lowest BCUT2D eigenvalue weighted by Crippen LogP contribution is -2.07. The van der Waals surface area contributed by atoms with Crippen LogP contribution in [-0.4, -0.2) is 5.78 Å². The van der Waals surface area contributed by atoms with Gasteiger partial charge >= 0.3 is 0 Å². The summed E-state index contributed by atoms with van der Waals surface area (Å²) < 4.78 is 0. The summed E-state index contributed by atoms with van der Waals surface area (Å²) in [5, 5.41) is 1.11. The lowest BCUT2D eigenvalue weighted by atomic mass is 9.95. The summed E-state index contributed by atoms with van der Waals surface area (Å²) in [5.74, 6) is 0.0785. The number of hydrogen-bond acceptors (Lipinski definition) is 1. The molecule has 1 nitrogen and oxygen atoms in total. The molecule has 0 aliphatic heterocycles. The molecule has 2 aromatic carbocycles. The topological polar surface area (TPSA) is 17.1 Å². The number of ketones is 1. The van der Waals surface area contributed by atoms with Crippen LogP contribution in [0.15, 0.2) is 30.3 Å². The molecule has 0 amide bonds. The molecule has 3 heteroatoms. The third-order valence-corrected chi connectivity index (χ3v) is 4.09. The number of benzene rings is 2. The first-order valence-electron chi connectivity index (χ1n) is 6.43. The van der Waals surface area contributed by atoms with Gasteiger partial charge in [0.1, 0.15) is 0 Å². The maximum Gasteiger partial charge on any atom is 0.167 e. The van der Waals surface area contributed by atoms with Crippen LogP contribution in [0.1, 0.15) is 32.6 Å². The van der Waals surface area contributed by atoms with Crippen molar-refractivity contribution in [2.24, 2.45) is 0 Å². The summed E-state index contributed by atoms with van der Waals surface area (Å²) in [7, 11) is 0. The molecule has 0 unspecified atom stereocenters. The van der Waals surface area contributed by atoms with Gasteiger partial charge in [-0.1, -0.05) is 35.3 Å². The van der Waals surface area contributed by atoms with Crippen molar-refractivity contribution in [3.05, 3.63) is 68.2 Å². The molecule has 0 saturated carbocycles. The van der Waals surface area contributed by atoms with E-state index in [2.05, 4.69) is 0 Å². The van der Waals surface area contributed by atoms with Crippen LogP contribution in [0.2, 0.25) is 10.0 Å². The first-order valence-corrected chi connectivity index (χ1v) is 7.19. The quantitative estimate of drug-likeness (QED) is 0.699. The van der Waals surface area contributed by atoms with E-state index in [1.807, 2.05) is 32.9 Å². The smallest absolute Gasteiger partial charge is 0.167 e. The summed E-state index contributed by atoms with van der Waals surface area (Å²) in [6.07, 6.45) is 0.291. The lowest BCUT2D eigenvalue weighted by molar-refractivity contribution is 0.0992. The van der Waals surface area contributed by atoms with Gasteiger partial charge in [-0.05, 0) is 61.2 Å². The summed E-state index contributed by atoms with van der Waals surface area (Å²) >= 11 is 12.0. The predicted octanol–water partition coefficient (Wildman–Crippen LogP) is 5.34. The predicted molar refractivity (Wildman–Crippen MR) is 85.1 cm³/mol. The van der Waals surface area contributed by atoms with Crippen LogP contribution in [0.4, 0.5) is 0 Å². The third kappa shape index (κ3) is 3.23. The summed E-state index contributed by atoms with van der Waals surface area (Å²) in [5.41, 5.74) is 4.89. The molecule has 0 bridgehead atoms. The Labute approximate surface area is 129 Å². The number of carbonyl (C=O) groups excluding carboxylic acids is 1. The third-order valence-electron chi connectivity index (χ3n) is 3.51. The first kappa shape index (κ1) is 15.1. The number of Topliss-reactive ketones (excluding diaryl/α,β-unsaturated/α-hetero) is 1. The van der Waals surface area contributed by atoms with Crippen LogP contribution >= 0.6 is 23.2 Å². The van der Waals surface area contributed by atoms with E-state index in [-0.39, 0.29) is 5.78 Å². The summed E-state index contributed by atoms with van der Waals surface area (Å²) in [6.45, 7) is 6.02. The van der Waals surface area contributed by atoms with Gasteiger partial charge in [0.15, 0.2) is 5.78 Å². The minimum atomic E-state index is 0.0785. The zero-order chi connectivity index (χ0) is 14.9. The minimum Gasteiger partial charge on any atom is -0.294 e. The van der Waals surface area contributed by atoms with E-state index < -0.39 is 0 Å². The Morgan fingerprint density at radius 1 is 0.950 bits per heavy atom. The van der Waals surface area contributed by atoms with Gasteiger partial charge in [-0.15, -0.1) is 0 Å². The Bertz CT molecular complexity index is 675. The fourth-order valence-corrected chi connectivity index (χ4v) is 2.67. The highest BCUT2D eigenvalue weighted by Crippen LogP contribution is 2.23. The number of aryl methyl sites for hydroxylation is 3. The van der Waals surface area contributed by atoms with Crippen molar-refractivity contribution in [1.82, 2.24) is 0 Å². The highest BCUT2D eigenvalue weighted by atomic mass is 35.5. The fraction of sp³-hybridized carbons (Fsp3) is 0.235. The van der Waals surface area contributed by atoms with Crippen LogP contribution < -0.4 is 0 Å². The summed E-state index contributed by atoms with van der Waals surface area (Å²) in [4.78, 5) is 12.4. The average Bonchev–Trinajstić information content (AvgIpc) is 2.37. The Morgan fingerprint density at radius 3 is 2.25 bits per heavy atom. The zero-order valence-corrected chi connectivity index (χ0v) is 13.3. The van der Waals surface area contributed by atoms with Gasteiger partial charge < -0.3 is 0 Å². The molecule has 104 valence electrons. The van der Waals surface area contributed by atoms with Crippen LogP contribution in [0.3, 0.4) is 0 Å². The zero-order valence-electron chi connectivity index (χ0n) is 11.8. The van der Waals surface area contributed by atoms with Crippen LogP contribution in [0, 0.1) is 20.8 Å². The highest BCUT2D eigenvalue weighted by Gasteiger charge is 2.13. The van der Waals surface area contributed by atoms with Crippen molar-refractivity contribution in [3.63, 3.8) is 0 Å². The monoisotopic (exact) mass is 306 g/mol. The SMILES string of the molecule is Cc1cc(C)c(C(=O)Cc2ccc(Cl)cc2Cl)cc1C. The standard InChI is InChI=1S/C17H16Cl2O/c1-10-6-12(3)15(7-11(10)2)17(20)8-13-4-5-14(18)9-16(13)19/h4-7,9H,8H2,1-3H3. The van der Waals surface area contributed by atoms with Crippen LogP contribution in [0.25, 0.3) is 0 Å². The van der Waals surface area contributed by atoms with E-state index in [0.717, 1.165) is 22.3 Å². The van der Waals surface area contributed by atoms with Crippen molar-refractivity contribution < 1.29 is 4.79 Å². The molecule has 2 rings (SSSR count). The number of carbonyl (C=O) groups is 1. The maximum atomic E-state index is 12.4. The maximum absolute atomic E-state index is 12.4. The van der Waals surface area contributed by atoms with Crippen molar-refractivity contribution >= 4 is 29.0 Å². The van der Waals surface area contributed by atoms with Gasteiger partial charge in [0.2, 0.25) is 0 Å². The highest BCUT2D eigenvalue weighted by molar-refractivity contribution is 6.35. The Morgan fingerprint density at radius 2 is 1.60 bits per heavy atom. The second-order valence-electron chi connectivity index (χ2n) is 5.09. The van der Waals surface area contributed by atoms with Crippen LogP contribution in [-0.2, 0) is 6.42 Å². The van der Waals surface area contributed by atoms with Gasteiger partial charge in [0, 0.05) is 22.0 Å². The van der Waals surface area contributed by atoms with E-state index in [1.54, 1.807) is 18.2 Å². The fourth-order valence-electron chi connectivity index (χ4n) is 2.19. The van der Waals surface area contributed by atoms with Crippen molar-refractivity contribution in [3.8, 4) is 0 Å². The molecule has 20 heavy (non-hydrogen) atoms. The van der Waals surface area contributed by atoms with Gasteiger partial charge in [-0.3, -0.25) is 4.79 Å². The Hall–Kier alpha value is -1.31. The molecule has 0 aromatic heterocycles. The normalized spacial score (nSPS) is 10.7. The van der Waals surface area contributed by atoms with Crippen LogP contribution in [0.5, 0.6) is 0 Å². The number of rotatable bonds is 3. The summed E-state index contributed by atoms with van der Waals surface area (Å²) in [6, 6.07) is 9.23. The second kappa shape index (κ2) is 5.99. The van der Waals surface area contributed by atoms with Gasteiger partial charge in [-0.2, -0.15) is 0 Å². The van der Waals surface area contributed by atoms with Crippen molar-refractivity contribution in [1.29, 1.82) is 0 Å². The van der Waals surface area contributed by atoms with E-state index in [0.29, 0.717) is 16.5 Å². The molecule has 0 spiro atoms. The van der Waals surface area contributed by atoms with E-state index in [1.165, 1.54) is 5.56 Å². The van der Waals surface area contributed by atoms with Gasteiger partial charge in [-0.25, -0.2) is 0 Å². The molecular formula is C17H16Cl2O. The molecule has 0 aliphatic carbocycles. The molecule has 0 N–H and O–H groups in total. The molecule has 0 saturated heterocycles. The van der Waals surface area contributed by atoms with Gasteiger partial charge in [0.05, 0.1) is 0 Å². The number of halogens is 2. The minimum absolute atomic E-state index is 0.0785. The lowest BCUT2D eigenvalue weighted by Gasteiger charge is -2.10.